The summed E-state index contributed by atoms with van der Waals surface area (Å²) in [4.78, 5) is 33.5. The maximum absolute atomic E-state index is 11.4. The van der Waals surface area contributed by atoms with Crippen molar-refractivity contribution >= 4 is 23.6 Å². The van der Waals surface area contributed by atoms with Crippen molar-refractivity contribution in [3.8, 4) is 0 Å². The molecule has 1 rings (SSSR count). The highest BCUT2D eigenvalue weighted by molar-refractivity contribution is 5.83. The molecular formula is C11H13N3O4. The molecule has 0 bridgehead atoms. The molecule has 1 aromatic rings. The number of aldehydes is 1. The Hall–Kier alpha value is -2.44. The Morgan fingerprint density at radius 3 is 2.67 bits per heavy atom. The molecule has 0 aliphatic heterocycles. The minimum atomic E-state index is -0.602. The fraction of sp³-hybridized carbons (Fsp3) is 0.273. The van der Waals surface area contributed by atoms with Crippen LogP contribution in [-0.2, 0) is 4.79 Å². The fourth-order valence-electron chi connectivity index (χ4n) is 1.25. The number of nitrogens with one attached hydrogen (secondary N) is 1. The number of nitrogens with zero attached hydrogens (tertiary/aromatic N) is 2. The average Bonchev–Trinajstić information content (AvgIpc) is 2.35. The van der Waals surface area contributed by atoms with Crippen LogP contribution in [0.2, 0.25) is 0 Å². The van der Waals surface area contributed by atoms with Crippen molar-refractivity contribution in [1.82, 2.24) is 4.90 Å². The van der Waals surface area contributed by atoms with Crippen LogP contribution in [-0.4, -0.2) is 42.7 Å². The number of hydrogen-bond donors (Lipinski definition) is 1. The Bertz CT molecular complexity index is 485. The van der Waals surface area contributed by atoms with Crippen LogP contribution in [0.15, 0.2) is 18.2 Å². The lowest BCUT2D eigenvalue weighted by atomic mass is 10.2. The third-order valence-electron chi connectivity index (χ3n) is 2.28. The van der Waals surface area contributed by atoms with Gasteiger partial charge in [-0.25, -0.2) is 0 Å². The normalized spacial score (nSPS) is 9.67. The standard InChI is InChI=1S/C11H13N3O4/c1-13(2)11(16)6-12-9-4-3-8(7-15)5-10(9)14(17)18/h3-5,7,12H,6H2,1-2H3. The van der Waals surface area contributed by atoms with E-state index in [1.54, 1.807) is 14.1 Å². The highest BCUT2D eigenvalue weighted by Gasteiger charge is 2.15. The van der Waals surface area contributed by atoms with Gasteiger partial charge < -0.3 is 10.2 Å². The number of hydrogen-bond acceptors (Lipinski definition) is 5. The number of amides is 1. The van der Waals surface area contributed by atoms with Gasteiger partial charge in [-0.1, -0.05) is 0 Å². The number of nitro benzene ring substituents is 1. The van der Waals surface area contributed by atoms with E-state index in [-0.39, 0.29) is 29.4 Å². The van der Waals surface area contributed by atoms with Gasteiger partial charge in [0.05, 0.1) is 11.5 Å². The van der Waals surface area contributed by atoms with Crippen LogP contribution in [0.4, 0.5) is 11.4 Å². The van der Waals surface area contributed by atoms with Crippen LogP contribution < -0.4 is 5.32 Å². The number of nitro groups is 1. The van der Waals surface area contributed by atoms with Crippen molar-refractivity contribution in [2.45, 2.75) is 0 Å². The molecule has 7 nitrogen and oxygen atoms in total. The van der Waals surface area contributed by atoms with E-state index >= 15 is 0 Å². The Balaban J connectivity index is 2.91. The van der Waals surface area contributed by atoms with Crippen molar-refractivity contribution in [2.75, 3.05) is 26.0 Å². The summed E-state index contributed by atoms with van der Waals surface area (Å²) in [7, 11) is 3.18. The van der Waals surface area contributed by atoms with Crippen molar-refractivity contribution < 1.29 is 14.5 Å². The largest absolute Gasteiger partial charge is 0.371 e. The topological polar surface area (TPSA) is 92.6 Å². The Morgan fingerprint density at radius 2 is 2.17 bits per heavy atom. The summed E-state index contributed by atoms with van der Waals surface area (Å²) >= 11 is 0. The van der Waals surface area contributed by atoms with Crippen molar-refractivity contribution in [3.05, 3.63) is 33.9 Å². The van der Waals surface area contributed by atoms with Gasteiger partial charge in [-0.3, -0.25) is 19.7 Å². The predicted octanol–water partition coefficient (Wildman–Crippen LogP) is 0.907. The molecule has 18 heavy (non-hydrogen) atoms. The minimum absolute atomic E-state index is 0.0473. The average molecular weight is 251 g/mol. The molecule has 1 N–H and O–H groups in total. The molecule has 0 heterocycles. The van der Waals surface area contributed by atoms with E-state index in [1.807, 2.05) is 0 Å². The van der Waals surface area contributed by atoms with E-state index in [4.69, 9.17) is 0 Å². The summed E-state index contributed by atoms with van der Waals surface area (Å²) < 4.78 is 0. The van der Waals surface area contributed by atoms with Crippen molar-refractivity contribution in [2.24, 2.45) is 0 Å². The summed E-state index contributed by atoms with van der Waals surface area (Å²) in [5.41, 5.74) is 0.193. The van der Waals surface area contributed by atoms with Gasteiger partial charge in [0.2, 0.25) is 5.91 Å². The summed E-state index contributed by atoms with van der Waals surface area (Å²) in [6.45, 7) is -0.0473. The van der Waals surface area contributed by atoms with Gasteiger partial charge in [-0.2, -0.15) is 0 Å². The first-order valence-electron chi connectivity index (χ1n) is 5.13. The van der Waals surface area contributed by atoms with Gasteiger partial charge in [-0.05, 0) is 12.1 Å². The number of benzene rings is 1. The van der Waals surface area contributed by atoms with Gasteiger partial charge in [0, 0.05) is 25.7 Å². The molecular weight excluding hydrogens is 238 g/mol. The molecule has 0 aromatic heterocycles. The molecule has 96 valence electrons. The summed E-state index contributed by atoms with van der Waals surface area (Å²) in [6, 6.07) is 4.02. The van der Waals surface area contributed by atoms with Crippen LogP contribution in [0, 0.1) is 10.1 Å². The minimum Gasteiger partial charge on any atom is -0.371 e. The van der Waals surface area contributed by atoms with E-state index in [9.17, 15) is 19.7 Å². The van der Waals surface area contributed by atoms with Gasteiger partial charge in [0.15, 0.2) is 0 Å². The van der Waals surface area contributed by atoms with Gasteiger partial charge >= 0.3 is 0 Å². The molecule has 0 aliphatic carbocycles. The molecule has 0 saturated heterocycles. The second kappa shape index (κ2) is 5.76. The van der Waals surface area contributed by atoms with Gasteiger partial charge in [0.25, 0.3) is 5.69 Å². The molecule has 0 fully saturated rings. The number of anilines is 1. The lowest BCUT2D eigenvalue weighted by molar-refractivity contribution is -0.384. The van der Waals surface area contributed by atoms with Crippen LogP contribution in [0.3, 0.4) is 0 Å². The smallest absolute Gasteiger partial charge is 0.293 e. The molecule has 0 aliphatic rings. The third kappa shape index (κ3) is 3.27. The van der Waals surface area contributed by atoms with Crippen LogP contribution in [0.5, 0.6) is 0 Å². The molecule has 0 saturated carbocycles. The Morgan fingerprint density at radius 1 is 1.50 bits per heavy atom. The first kappa shape index (κ1) is 13.6. The van der Waals surface area contributed by atoms with Gasteiger partial charge in [0.1, 0.15) is 12.0 Å². The van der Waals surface area contributed by atoms with E-state index in [0.717, 1.165) is 6.07 Å². The van der Waals surface area contributed by atoms with Crippen LogP contribution >= 0.6 is 0 Å². The first-order valence-corrected chi connectivity index (χ1v) is 5.13. The fourth-order valence-corrected chi connectivity index (χ4v) is 1.25. The molecule has 0 unspecified atom stereocenters. The maximum atomic E-state index is 11.4. The number of rotatable bonds is 5. The quantitative estimate of drug-likeness (QED) is 0.477. The SMILES string of the molecule is CN(C)C(=O)CNc1ccc(C=O)cc1[N+](=O)[O-]. The van der Waals surface area contributed by atoms with Crippen LogP contribution in [0.1, 0.15) is 10.4 Å². The maximum Gasteiger partial charge on any atom is 0.293 e. The molecule has 7 heteroatoms. The second-order valence-electron chi connectivity index (χ2n) is 3.79. The molecule has 0 spiro atoms. The molecule has 1 amide bonds. The lowest BCUT2D eigenvalue weighted by Gasteiger charge is -2.11. The molecule has 0 radical (unpaired) electrons. The zero-order valence-electron chi connectivity index (χ0n) is 10.0. The summed E-state index contributed by atoms with van der Waals surface area (Å²) in [6.07, 6.45) is 0.530. The molecule has 0 atom stereocenters. The number of carbonyl (C=O) groups is 2. The predicted molar refractivity (Wildman–Crippen MR) is 65.7 cm³/mol. The van der Waals surface area contributed by atoms with E-state index in [0.29, 0.717) is 6.29 Å². The highest BCUT2D eigenvalue weighted by atomic mass is 16.6. The number of likely N-dealkylation sites (N-methyl/N-ethyl adjacent to an activating group) is 1. The third-order valence-corrected chi connectivity index (χ3v) is 2.28. The van der Waals surface area contributed by atoms with E-state index in [1.165, 1.54) is 17.0 Å². The van der Waals surface area contributed by atoms with E-state index < -0.39 is 4.92 Å². The van der Waals surface area contributed by atoms with Crippen molar-refractivity contribution in [1.29, 1.82) is 0 Å². The van der Waals surface area contributed by atoms with E-state index in [2.05, 4.69) is 5.32 Å². The highest BCUT2D eigenvalue weighted by Crippen LogP contribution is 2.24. The second-order valence-corrected chi connectivity index (χ2v) is 3.79. The van der Waals surface area contributed by atoms with Crippen LogP contribution in [0.25, 0.3) is 0 Å². The van der Waals surface area contributed by atoms with Gasteiger partial charge in [-0.15, -0.1) is 0 Å². The number of carbonyl (C=O) groups excluding carboxylic acids is 2. The monoisotopic (exact) mass is 251 g/mol. The zero-order chi connectivity index (χ0) is 13.7. The van der Waals surface area contributed by atoms with Crippen molar-refractivity contribution in [3.63, 3.8) is 0 Å². The Labute approximate surface area is 104 Å². The first-order chi connectivity index (χ1) is 8.45. The Kier molecular flexibility index (Phi) is 4.36. The molecule has 1 aromatic carbocycles. The summed E-state index contributed by atoms with van der Waals surface area (Å²) in [5.74, 6) is -0.205. The summed E-state index contributed by atoms with van der Waals surface area (Å²) in [5, 5.41) is 13.5. The zero-order valence-corrected chi connectivity index (χ0v) is 10.0. The lowest BCUT2D eigenvalue weighted by Crippen LogP contribution is -2.28.